The maximum absolute atomic E-state index is 11.5. The lowest BCUT2D eigenvalue weighted by molar-refractivity contribution is 0.477. The van der Waals surface area contributed by atoms with Gasteiger partial charge in [-0.15, -0.1) is 11.6 Å². The van der Waals surface area contributed by atoms with E-state index in [-0.39, 0.29) is 23.6 Å². The van der Waals surface area contributed by atoms with Crippen molar-refractivity contribution in [1.29, 1.82) is 0 Å². The van der Waals surface area contributed by atoms with Crippen LogP contribution in [-0.4, -0.2) is 26.1 Å². The Morgan fingerprint density at radius 2 is 1.71 bits per heavy atom. The normalized spacial score (nSPS) is 17.0. The fourth-order valence-corrected chi connectivity index (χ4v) is 3.06. The molecule has 3 nitrogen and oxygen atoms in total. The van der Waals surface area contributed by atoms with Crippen LogP contribution < -0.4 is 4.72 Å². The van der Waals surface area contributed by atoms with Gasteiger partial charge < -0.3 is 0 Å². The number of nitrogens with one attached hydrogen (secondary N) is 1. The van der Waals surface area contributed by atoms with E-state index in [1.54, 1.807) is 0 Å². The van der Waals surface area contributed by atoms with Gasteiger partial charge in [0.1, 0.15) is 0 Å². The van der Waals surface area contributed by atoms with E-state index in [4.69, 9.17) is 11.6 Å². The van der Waals surface area contributed by atoms with Gasteiger partial charge >= 0.3 is 0 Å². The molecule has 0 saturated carbocycles. The number of rotatable bonds is 6. The first-order valence-electron chi connectivity index (χ1n) is 4.84. The molecule has 0 aromatic rings. The molecule has 2 atom stereocenters. The quantitative estimate of drug-likeness (QED) is 0.722. The third-order valence-corrected chi connectivity index (χ3v) is 4.34. The molecule has 0 aromatic heterocycles. The molecule has 0 aliphatic rings. The highest BCUT2D eigenvalue weighted by Gasteiger charge is 2.19. The summed E-state index contributed by atoms with van der Waals surface area (Å²) < 4.78 is 25.7. The maximum Gasteiger partial charge on any atom is 0.212 e. The van der Waals surface area contributed by atoms with Crippen LogP contribution in [0.1, 0.15) is 27.7 Å². The molecule has 0 aliphatic carbocycles. The summed E-state index contributed by atoms with van der Waals surface area (Å²) in [7, 11) is -3.14. The minimum Gasteiger partial charge on any atom is -0.212 e. The first-order chi connectivity index (χ1) is 6.28. The van der Waals surface area contributed by atoms with Crippen LogP contribution in [-0.2, 0) is 10.0 Å². The first kappa shape index (κ1) is 14.2. The number of halogens is 1. The third-order valence-electron chi connectivity index (χ3n) is 2.02. The number of sulfonamides is 1. The molecule has 5 heteroatoms. The Balaban J connectivity index is 4.22. The molecule has 2 unspecified atom stereocenters. The van der Waals surface area contributed by atoms with E-state index in [0.717, 1.165) is 0 Å². The zero-order chi connectivity index (χ0) is 11.4. The van der Waals surface area contributed by atoms with Crippen molar-refractivity contribution in [3.8, 4) is 0 Å². The van der Waals surface area contributed by atoms with E-state index in [1.165, 1.54) is 0 Å². The standard InChI is InChI=1S/C9H20ClNO2S/c1-7(2)6-14(12,13)11-9(4)8(3)5-10/h7-9,11H,5-6H2,1-4H3. The van der Waals surface area contributed by atoms with Gasteiger partial charge in [-0.2, -0.15) is 0 Å². The SMILES string of the molecule is CC(C)CS(=O)(=O)NC(C)C(C)CCl. The van der Waals surface area contributed by atoms with Crippen molar-refractivity contribution >= 4 is 21.6 Å². The summed E-state index contributed by atoms with van der Waals surface area (Å²) in [5.41, 5.74) is 0. The van der Waals surface area contributed by atoms with Crippen LogP contribution in [0.25, 0.3) is 0 Å². The molecule has 1 N–H and O–H groups in total. The predicted octanol–water partition coefficient (Wildman–Crippen LogP) is 1.83. The number of hydrogen-bond acceptors (Lipinski definition) is 2. The Morgan fingerprint density at radius 3 is 2.07 bits per heavy atom. The second-order valence-corrected chi connectivity index (χ2v) is 6.32. The van der Waals surface area contributed by atoms with Crippen LogP contribution in [0.4, 0.5) is 0 Å². The topological polar surface area (TPSA) is 46.2 Å². The zero-order valence-corrected chi connectivity index (χ0v) is 10.8. The summed E-state index contributed by atoms with van der Waals surface area (Å²) in [5, 5.41) is 0. The van der Waals surface area contributed by atoms with E-state index in [2.05, 4.69) is 4.72 Å². The number of alkyl halides is 1. The van der Waals surface area contributed by atoms with Gasteiger partial charge in [0.25, 0.3) is 0 Å². The van der Waals surface area contributed by atoms with Crippen LogP contribution in [0.15, 0.2) is 0 Å². The lowest BCUT2D eigenvalue weighted by Crippen LogP contribution is -2.39. The van der Waals surface area contributed by atoms with Gasteiger partial charge in [0.2, 0.25) is 10.0 Å². The fraction of sp³-hybridized carbons (Fsp3) is 1.00. The molecule has 0 amide bonds. The average molecular weight is 242 g/mol. The second-order valence-electron chi connectivity index (χ2n) is 4.21. The van der Waals surface area contributed by atoms with Crippen LogP contribution in [0.5, 0.6) is 0 Å². The molecule has 0 aliphatic heterocycles. The summed E-state index contributed by atoms with van der Waals surface area (Å²) in [6.07, 6.45) is 0. The van der Waals surface area contributed by atoms with Crippen molar-refractivity contribution in [2.45, 2.75) is 33.7 Å². The van der Waals surface area contributed by atoms with Crippen molar-refractivity contribution in [3.05, 3.63) is 0 Å². The molecule has 0 aromatic carbocycles. The van der Waals surface area contributed by atoms with Crippen molar-refractivity contribution in [2.24, 2.45) is 11.8 Å². The highest BCUT2D eigenvalue weighted by molar-refractivity contribution is 7.89. The van der Waals surface area contributed by atoms with Gasteiger partial charge in [-0.1, -0.05) is 20.8 Å². The van der Waals surface area contributed by atoms with Gasteiger partial charge in [0.15, 0.2) is 0 Å². The highest BCUT2D eigenvalue weighted by atomic mass is 35.5. The van der Waals surface area contributed by atoms with Crippen molar-refractivity contribution < 1.29 is 8.42 Å². The molecule has 0 bridgehead atoms. The van der Waals surface area contributed by atoms with E-state index in [0.29, 0.717) is 5.88 Å². The summed E-state index contributed by atoms with van der Waals surface area (Å²) in [6.45, 7) is 7.53. The summed E-state index contributed by atoms with van der Waals surface area (Å²) in [4.78, 5) is 0. The smallest absolute Gasteiger partial charge is 0.212 e. The molecule has 0 spiro atoms. The van der Waals surface area contributed by atoms with Gasteiger partial charge in [-0.05, 0) is 18.8 Å². The first-order valence-corrected chi connectivity index (χ1v) is 7.03. The van der Waals surface area contributed by atoms with Crippen LogP contribution >= 0.6 is 11.6 Å². The van der Waals surface area contributed by atoms with E-state index in [9.17, 15) is 8.42 Å². The summed E-state index contributed by atoms with van der Waals surface area (Å²) in [6, 6.07) is -0.101. The Bertz CT molecular complexity index is 252. The fourth-order valence-electron chi connectivity index (χ4n) is 1.02. The Kier molecular flexibility index (Phi) is 6.02. The zero-order valence-electron chi connectivity index (χ0n) is 9.25. The van der Waals surface area contributed by atoms with Crippen LogP contribution in [0.2, 0.25) is 0 Å². The Morgan fingerprint density at radius 1 is 1.21 bits per heavy atom. The molecule has 14 heavy (non-hydrogen) atoms. The molecule has 0 heterocycles. The van der Waals surface area contributed by atoms with Gasteiger partial charge in [0, 0.05) is 11.9 Å². The molecule has 86 valence electrons. The Labute approximate surface area is 92.3 Å². The van der Waals surface area contributed by atoms with Crippen LogP contribution in [0.3, 0.4) is 0 Å². The van der Waals surface area contributed by atoms with Crippen molar-refractivity contribution in [1.82, 2.24) is 4.72 Å². The van der Waals surface area contributed by atoms with Crippen molar-refractivity contribution in [3.63, 3.8) is 0 Å². The largest absolute Gasteiger partial charge is 0.212 e. The minimum atomic E-state index is -3.14. The molecule has 0 saturated heterocycles. The average Bonchev–Trinajstić information content (AvgIpc) is 1.99. The van der Waals surface area contributed by atoms with E-state index < -0.39 is 10.0 Å². The highest BCUT2D eigenvalue weighted by Crippen LogP contribution is 2.07. The minimum absolute atomic E-state index is 0.101. The third kappa shape index (κ3) is 5.83. The maximum atomic E-state index is 11.5. The molecular formula is C9H20ClNO2S. The monoisotopic (exact) mass is 241 g/mol. The van der Waals surface area contributed by atoms with Crippen molar-refractivity contribution in [2.75, 3.05) is 11.6 Å². The second kappa shape index (κ2) is 5.93. The molecular weight excluding hydrogens is 222 g/mol. The molecule has 0 fully saturated rings. The molecule has 0 radical (unpaired) electrons. The Hall–Kier alpha value is 0.200. The molecule has 0 rings (SSSR count). The summed E-state index contributed by atoms with van der Waals surface area (Å²) >= 11 is 5.65. The number of hydrogen-bond donors (Lipinski definition) is 1. The van der Waals surface area contributed by atoms with Gasteiger partial charge in [-0.3, -0.25) is 0 Å². The van der Waals surface area contributed by atoms with E-state index >= 15 is 0 Å². The summed E-state index contributed by atoms with van der Waals surface area (Å²) in [5.74, 6) is 0.933. The lowest BCUT2D eigenvalue weighted by Gasteiger charge is -2.19. The lowest BCUT2D eigenvalue weighted by atomic mass is 10.1. The van der Waals surface area contributed by atoms with Gasteiger partial charge in [0.05, 0.1) is 5.75 Å². The van der Waals surface area contributed by atoms with Gasteiger partial charge in [-0.25, -0.2) is 13.1 Å². The van der Waals surface area contributed by atoms with Crippen LogP contribution in [0, 0.1) is 11.8 Å². The predicted molar refractivity (Wildman–Crippen MR) is 61.1 cm³/mol. The van der Waals surface area contributed by atoms with E-state index in [1.807, 2.05) is 27.7 Å².